The van der Waals surface area contributed by atoms with Crippen LogP contribution >= 0.6 is 0 Å². The zero-order chi connectivity index (χ0) is 20.4. The molecule has 0 saturated heterocycles. The van der Waals surface area contributed by atoms with E-state index in [2.05, 4.69) is 4.90 Å². The van der Waals surface area contributed by atoms with Crippen LogP contribution in [0.25, 0.3) is 10.9 Å². The van der Waals surface area contributed by atoms with Gasteiger partial charge in [0.05, 0.1) is 18.2 Å². The van der Waals surface area contributed by atoms with Crippen molar-refractivity contribution in [2.75, 3.05) is 27.3 Å². The second kappa shape index (κ2) is 8.01. The molecule has 0 aliphatic carbocycles. The van der Waals surface area contributed by atoms with Crippen LogP contribution in [-0.4, -0.2) is 48.9 Å². The Kier molecular flexibility index (Phi) is 5.27. The van der Waals surface area contributed by atoms with E-state index in [-0.39, 0.29) is 12.4 Å². The summed E-state index contributed by atoms with van der Waals surface area (Å²) in [5.74, 6) is -0.188. The van der Waals surface area contributed by atoms with E-state index in [9.17, 15) is 9.59 Å². The number of para-hydroxylation sites is 1. The highest BCUT2D eigenvalue weighted by molar-refractivity contribution is 6.06. The van der Waals surface area contributed by atoms with Crippen LogP contribution in [0.3, 0.4) is 0 Å². The van der Waals surface area contributed by atoms with Crippen molar-refractivity contribution in [1.29, 1.82) is 0 Å². The lowest BCUT2D eigenvalue weighted by molar-refractivity contribution is 0.0474. The van der Waals surface area contributed by atoms with Crippen molar-refractivity contribution in [2.45, 2.75) is 13.0 Å². The van der Waals surface area contributed by atoms with Gasteiger partial charge in [0.15, 0.2) is 12.4 Å². The van der Waals surface area contributed by atoms with Crippen molar-refractivity contribution < 1.29 is 19.1 Å². The van der Waals surface area contributed by atoms with E-state index in [1.54, 1.807) is 31.4 Å². The Morgan fingerprint density at radius 1 is 1.14 bits per heavy atom. The topological polar surface area (TPSA) is 68.7 Å². The molecule has 3 aromatic rings. The number of pyridine rings is 1. The number of hydrogen-bond donors (Lipinski definition) is 0. The number of carbonyl (C=O) groups excluding carboxylic acids is 2. The monoisotopic (exact) mass is 390 g/mol. The zero-order valence-electron chi connectivity index (χ0n) is 16.5. The summed E-state index contributed by atoms with van der Waals surface area (Å²) < 4.78 is 10.6. The van der Waals surface area contributed by atoms with Crippen molar-refractivity contribution in [1.82, 2.24) is 9.88 Å². The van der Waals surface area contributed by atoms with Gasteiger partial charge < -0.3 is 14.4 Å². The molecule has 2 heterocycles. The Morgan fingerprint density at radius 3 is 2.79 bits per heavy atom. The third-order valence-corrected chi connectivity index (χ3v) is 5.17. The van der Waals surface area contributed by atoms with Gasteiger partial charge in [-0.1, -0.05) is 30.3 Å². The van der Waals surface area contributed by atoms with Crippen LogP contribution < -0.4 is 4.74 Å². The molecule has 6 nitrogen and oxygen atoms in total. The van der Waals surface area contributed by atoms with Gasteiger partial charge in [0.25, 0.3) is 0 Å². The number of hydrogen-bond acceptors (Lipinski definition) is 6. The van der Waals surface area contributed by atoms with E-state index in [4.69, 9.17) is 14.5 Å². The molecular formula is C23H22N2O4. The summed E-state index contributed by atoms with van der Waals surface area (Å²) in [7, 11) is 3.55. The third-order valence-electron chi connectivity index (χ3n) is 5.17. The molecule has 0 unspecified atom stereocenters. The predicted octanol–water partition coefficient (Wildman–Crippen LogP) is 3.27. The number of esters is 1. The van der Waals surface area contributed by atoms with Crippen LogP contribution in [0.1, 0.15) is 32.0 Å². The summed E-state index contributed by atoms with van der Waals surface area (Å²) in [5, 5.41) is 0.750. The molecule has 0 saturated carbocycles. The molecule has 0 N–H and O–H groups in total. The van der Waals surface area contributed by atoms with Gasteiger partial charge in [0, 0.05) is 41.7 Å². The fourth-order valence-electron chi connectivity index (χ4n) is 3.64. The van der Waals surface area contributed by atoms with E-state index in [0.29, 0.717) is 23.4 Å². The molecule has 148 valence electrons. The van der Waals surface area contributed by atoms with Crippen LogP contribution in [0.4, 0.5) is 0 Å². The number of likely N-dealkylation sites (N-methyl/N-ethyl adjacent to an activating group) is 1. The summed E-state index contributed by atoms with van der Waals surface area (Å²) >= 11 is 0. The fraction of sp³-hybridized carbons (Fsp3) is 0.261. The smallest absolute Gasteiger partial charge is 0.339 e. The highest BCUT2D eigenvalue weighted by Gasteiger charge is 2.25. The summed E-state index contributed by atoms with van der Waals surface area (Å²) in [5.41, 5.74) is 3.53. The molecule has 0 bridgehead atoms. The zero-order valence-corrected chi connectivity index (χ0v) is 16.5. The summed E-state index contributed by atoms with van der Waals surface area (Å²) in [6.07, 6.45) is 0.777. The average molecular weight is 390 g/mol. The fourth-order valence-corrected chi connectivity index (χ4v) is 3.64. The molecule has 1 aliphatic heterocycles. The number of aromatic nitrogens is 1. The van der Waals surface area contributed by atoms with E-state index in [1.165, 1.54) is 0 Å². The van der Waals surface area contributed by atoms with Crippen LogP contribution in [0.5, 0.6) is 5.75 Å². The Balaban J connectivity index is 1.63. The van der Waals surface area contributed by atoms with Gasteiger partial charge in [-0.3, -0.25) is 9.78 Å². The highest BCUT2D eigenvalue weighted by atomic mass is 16.5. The van der Waals surface area contributed by atoms with Gasteiger partial charge in [-0.15, -0.1) is 0 Å². The maximum atomic E-state index is 13.1. The molecule has 29 heavy (non-hydrogen) atoms. The molecular weight excluding hydrogens is 368 g/mol. The quantitative estimate of drug-likeness (QED) is 0.492. The van der Waals surface area contributed by atoms with Gasteiger partial charge >= 0.3 is 5.97 Å². The molecule has 6 heteroatoms. The minimum absolute atomic E-state index is 0.276. The number of methoxy groups -OCH3 is 1. The van der Waals surface area contributed by atoms with Crippen molar-refractivity contribution in [3.63, 3.8) is 0 Å². The van der Waals surface area contributed by atoms with Crippen LogP contribution in [0.15, 0.2) is 48.5 Å². The molecule has 4 rings (SSSR count). The number of Topliss-reactive ketones (excluding diaryl/α,β-unsaturated/α-hetero) is 1. The molecule has 2 aromatic carbocycles. The molecule has 1 aromatic heterocycles. The summed E-state index contributed by atoms with van der Waals surface area (Å²) in [6.45, 7) is 1.19. The molecule has 1 aliphatic rings. The van der Waals surface area contributed by atoms with E-state index < -0.39 is 5.97 Å². The molecule has 0 radical (unpaired) electrons. The first-order chi connectivity index (χ1) is 14.1. The van der Waals surface area contributed by atoms with E-state index in [1.807, 2.05) is 31.3 Å². The second-order valence-corrected chi connectivity index (χ2v) is 7.15. The van der Waals surface area contributed by atoms with Gasteiger partial charge in [-0.2, -0.15) is 0 Å². The average Bonchev–Trinajstić information content (AvgIpc) is 2.75. The molecule has 0 fully saturated rings. The van der Waals surface area contributed by atoms with Gasteiger partial charge in [0.2, 0.25) is 0 Å². The normalized spacial score (nSPS) is 13.7. The SMILES string of the molecule is COc1cccc(C(=O)COC(=O)c2c3c(nc4ccccc24)CCN(C)C3)c1. The number of rotatable bonds is 5. The van der Waals surface area contributed by atoms with Gasteiger partial charge in [-0.05, 0) is 25.2 Å². The van der Waals surface area contributed by atoms with Crippen molar-refractivity contribution >= 4 is 22.7 Å². The van der Waals surface area contributed by atoms with E-state index >= 15 is 0 Å². The number of ketones is 1. The maximum absolute atomic E-state index is 13.1. The number of carbonyl (C=O) groups is 2. The highest BCUT2D eigenvalue weighted by Crippen LogP contribution is 2.28. The number of fused-ring (bicyclic) bond motifs is 2. The lowest BCUT2D eigenvalue weighted by Crippen LogP contribution is -2.29. The predicted molar refractivity (Wildman–Crippen MR) is 109 cm³/mol. The molecule has 0 amide bonds. The third kappa shape index (κ3) is 3.84. The molecule has 0 atom stereocenters. The molecule has 0 spiro atoms. The standard InChI is InChI=1S/C23H22N2O4/c1-25-11-10-20-18(13-25)22(17-8-3-4-9-19(17)24-20)23(27)29-14-21(26)15-6-5-7-16(12-15)28-2/h3-9,12H,10-11,13-14H2,1-2H3. The van der Waals surface area contributed by atoms with Crippen LogP contribution in [-0.2, 0) is 17.7 Å². The van der Waals surface area contributed by atoms with Crippen molar-refractivity contribution in [3.8, 4) is 5.75 Å². The summed E-state index contributed by atoms with van der Waals surface area (Å²) in [4.78, 5) is 32.4. The van der Waals surface area contributed by atoms with Crippen molar-refractivity contribution in [3.05, 3.63) is 70.9 Å². The first-order valence-electron chi connectivity index (χ1n) is 9.50. The Labute approximate surface area is 169 Å². The lowest BCUT2D eigenvalue weighted by Gasteiger charge is -2.26. The first-order valence-corrected chi connectivity index (χ1v) is 9.50. The Morgan fingerprint density at radius 2 is 1.97 bits per heavy atom. The van der Waals surface area contributed by atoms with Gasteiger partial charge in [-0.25, -0.2) is 4.79 Å². The Hall–Kier alpha value is -3.25. The van der Waals surface area contributed by atoms with Gasteiger partial charge in [0.1, 0.15) is 5.75 Å². The van der Waals surface area contributed by atoms with Crippen LogP contribution in [0, 0.1) is 0 Å². The second-order valence-electron chi connectivity index (χ2n) is 7.15. The number of ether oxygens (including phenoxy) is 2. The lowest BCUT2D eigenvalue weighted by atomic mass is 9.96. The minimum atomic E-state index is -0.494. The van der Waals surface area contributed by atoms with Crippen molar-refractivity contribution in [2.24, 2.45) is 0 Å². The number of benzene rings is 2. The summed E-state index contributed by atoms with van der Waals surface area (Å²) in [6, 6.07) is 14.3. The minimum Gasteiger partial charge on any atom is -0.497 e. The first kappa shape index (κ1) is 19.1. The van der Waals surface area contributed by atoms with Crippen LogP contribution in [0.2, 0.25) is 0 Å². The maximum Gasteiger partial charge on any atom is 0.339 e. The number of nitrogens with zero attached hydrogens (tertiary/aromatic N) is 2. The largest absolute Gasteiger partial charge is 0.497 e. The Bertz CT molecular complexity index is 1090. The van der Waals surface area contributed by atoms with E-state index in [0.717, 1.165) is 35.1 Å².